The van der Waals surface area contributed by atoms with Gasteiger partial charge in [-0.2, -0.15) is 0 Å². The summed E-state index contributed by atoms with van der Waals surface area (Å²) in [5, 5.41) is 0. The number of halogens is 2. The molecule has 2 aromatic rings. The van der Waals surface area contributed by atoms with Crippen molar-refractivity contribution in [2.24, 2.45) is 0 Å². The summed E-state index contributed by atoms with van der Waals surface area (Å²) in [6.45, 7) is 2.44. The van der Waals surface area contributed by atoms with E-state index in [1.54, 1.807) is 19.2 Å². The highest BCUT2D eigenvalue weighted by Gasteiger charge is 2.19. The second kappa shape index (κ2) is 6.18. The first-order valence-electron chi connectivity index (χ1n) is 6.24. The van der Waals surface area contributed by atoms with E-state index in [1.807, 2.05) is 31.2 Å². The van der Waals surface area contributed by atoms with Gasteiger partial charge in [0.2, 0.25) is 0 Å². The topological polar surface area (TPSA) is 20.3 Å². The lowest BCUT2D eigenvalue weighted by atomic mass is 10.1. The summed E-state index contributed by atoms with van der Waals surface area (Å²) >= 11 is 3.23. The third-order valence-electron chi connectivity index (χ3n) is 3.19. The quantitative estimate of drug-likeness (QED) is 0.824. The highest BCUT2D eigenvalue weighted by Crippen LogP contribution is 2.22. The van der Waals surface area contributed by atoms with Crippen LogP contribution in [0, 0.1) is 12.7 Å². The standard InChI is InChI=1S/C16H15BrFNO/c1-11-6-3-4-7-12(11)10-19(2)16(20)15-13(17)8-5-9-14(15)18/h3-9H,10H2,1-2H3. The molecule has 0 unspecified atom stereocenters. The number of nitrogens with zero attached hydrogens (tertiary/aromatic N) is 1. The van der Waals surface area contributed by atoms with Gasteiger partial charge in [-0.15, -0.1) is 0 Å². The van der Waals surface area contributed by atoms with Crippen molar-refractivity contribution in [1.29, 1.82) is 0 Å². The van der Waals surface area contributed by atoms with Crippen LogP contribution in [0.15, 0.2) is 46.9 Å². The smallest absolute Gasteiger partial charge is 0.258 e. The zero-order valence-corrected chi connectivity index (χ0v) is 12.9. The van der Waals surface area contributed by atoms with Gasteiger partial charge in [0.25, 0.3) is 5.91 Å². The molecule has 0 saturated heterocycles. The lowest BCUT2D eigenvalue weighted by molar-refractivity contribution is 0.0779. The summed E-state index contributed by atoms with van der Waals surface area (Å²) < 4.78 is 14.3. The van der Waals surface area contributed by atoms with Crippen molar-refractivity contribution in [3.63, 3.8) is 0 Å². The van der Waals surface area contributed by atoms with Crippen molar-refractivity contribution < 1.29 is 9.18 Å². The molecule has 1 amide bonds. The second-order valence-electron chi connectivity index (χ2n) is 4.68. The van der Waals surface area contributed by atoms with Crippen molar-refractivity contribution in [3.05, 3.63) is 69.4 Å². The molecule has 0 spiro atoms. The van der Waals surface area contributed by atoms with Crippen LogP contribution in [0.25, 0.3) is 0 Å². The largest absolute Gasteiger partial charge is 0.337 e. The van der Waals surface area contributed by atoms with Crippen LogP contribution in [0.4, 0.5) is 4.39 Å². The lowest BCUT2D eigenvalue weighted by Gasteiger charge is -2.19. The molecule has 0 bridgehead atoms. The molecule has 0 N–H and O–H groups in total. The Balaban J connectivity index is 2.24. The normalized spacial score (nSPS) is 10.4. The molecule has 0 aliphatic heterocycles. The van der Waals surface area contributed by atoms with E-state index in [0.29, 0.717) is 11.0 Å². The first-order chi connectivity index (χ1) is 9.50. The summed E-state index contributed by atoms with van der Waals surface area (Å²) in [4.78, 5) is 13.9. The van der Waals surface area contributed by atoms with Crippen LogP contribution in [-0.4, -0.2) is 17.9 Å². The number of carbonyl (C=O) groups excluding carboxylic acids is 1. The predicted molar refractivity (Wildman–Crippen MR) is 81.1 cm³/mol. The van der Waals surface area contributed by atoms with Crippen LogP contribution in [0.5, 0.6) is 0 Å². The fourth-order valence-corrected chi connectivity index (χ4v) is 2.52. The Hall–Kier alpha value is -1.68. The van der Waals surface area contributed by atoms with Gasteiger partial charge in [-0.25, -0.2) is 4.39 Å². The fourth-order valence-electron chi connectivity index (χ4n) is 2.01. The highest BCUT2D eigenvalue weighted by atomic mass is 79.9. The van der Waals surface area contributed by atoms with Gasteiger partial charge in [-0.1, -0.05) is 30.3 Å². The van der Waals surface area contributed by atoms with Gasteiger partial charge in [0, 0.05) is 18.1 Å². The number of aryl methyl sites for hydroxylation is 1. The van der Waals surface area contributed by atoms with Crippen LogP contribution >= 0.6 is 15.9 Å². The SMILES string of the molecule is Cc1ccccc1CN(C)C(=O)c1c(F)cccc1Br. The number of rotatable bonds is 3. The molecule has 0 fully saturated rings. The van der Waals surface area contributed by atoms with Crippen LogP contribution in [0.2, 0.25) is 0 Å². The predicted octanol–water partition coefficient (Wildman–Crippen LogP) is 4.17. The third-order valence-corrected chi connectivity index (χ3v) is 3.85. The number of hydrogen-bond donors (Lipinski definition) is 0. The third kappa shape index (κ3) is 3.07. The Morgan fingerprint density at radius 3 is 2.55 bits per heavy atom. The summed E-state index contributed by atoms with van der Waals surface area (Å²) in [7, 11) is 1.67. The molecule has 0 aliphatic carbocycles. The van der Waals surface area contributed by atoms with Gasteiger partial charge in [0.05, 0.1) is 5.56 Å². The van der Waals surface area contributed by atoms with Gasteiger partial charge >= 0.3 is 0 Å². The Morgan fingerprint density at radius 1 is 1.20 bits per heavy atom. The van der Waals surface area contributed by atoms with E-state index in [4.69, 9.17) is 0 Å². The van der Waals surface area contributed by atoms with E-state index in [1.165, 1.54) is 11.0 Å². The molecule has 2 rings (SSSR count). The van der Waals surface area contributed by atoms with E-state index in [2.05, 4.69) is 15.9 Å². The minimum absolute atomic E-state index is 0.0728. The van der Waals surface area contributed by atoms with E-state index >= 15 is 0 Å². The maximum atomic E-state index is 13.8. The summed E-state index contributed by atoms with van der Waals surface area (Å²) in [5.74, 6) is -0.848. The Kier molecular flexibility index (Phi) is 4.55. The molecule has 0 radical (unpaired) electrons. The van der Waals surface area contributed by atoms with E-state index in [9.17, 15) is 9.18 Å². The van der Waals surface area contributed by atoms with Crippen LogP contribution in [0.1, 0.15) is 21.5 Å². The molecule has 2 nitrogen and oxygen atoms in total. The van der Waals surface area contributed by atoms with Crippen molar-refractivity contribution >= 4 is 21.8 Å². The van der Waals surface area contributed by atoms with Gasteiger partial charge in [0.15, 0.2) is 0 Å². The molecule has 0 saturated carbocycles. The summed E-state index contributed by atoms with van der Waals surface area (Å²) in [5.41, 5.74) is 2.24. The van der Waals surface area contributed by atoms with Gasteiger partial charge < -0.3 is 4.90 Å². The molecule has 2 aromatic carbocycles. The molecule has 0 atom stereocenters. The maximum Gasteiger partial charge on any atom is 0.258 e. The minimum Gasteiger partial charge on any atom is -0.337 e. The lowest BCUT2D eigenvalue weighted by Crippen LogP contribution is -2.27. The minimum atomic E-state index is -0.513. The Morgan fingerprint density at radius 2 is 1.90 bits per heavy atom. The van der Waals surface area contributed by atoms with Gasteiger partial charge in [-0.05, 0) is 46.1 Å². The van der Waals surface area contributed by atoms with E-state index < -0.39 is 5.82 Å². The summed E-state index contributed by atoms with van der Waals surface area (Å²) in [6.07, 6.45) is 0. The first-order valence-corrected chi connectivity index (χ1v) is 7.04. The zero-order valence-electron chi connectivity index (χ0n) is 11.4. The Bertz CT molecular complexity index is 622. The summed E-state index contributed by atoms with van der Waals surface area (Å²) in [6, 6.07) is 12.4. The maximum absolute atomic E-state index is 13.8. The molecule has 104 valence electrons. The van der Waals surface area contributed by atoms with Crippen molar-refractivity contribution in [2.45, 2.75) is 13.5 Å². The monoisotopic (exact) mass is 335 g/mol. The second-order valence-corrected chi connectivity index (χ2v) is 5.54. The fraction of sp³-hybridized carbons (Fsp3) is 0.188. The average Bonchev–Trinajstić information content (AvgIpc) is 2.41. The number of amides is 1. The van der Waals surface area contributed by atoms with Crippen LogP contribution in [-0.2, 0) is 6.54 Å². The first kappa shape index (κ1) is 14.7. The molecular weight excluding hydrogens is 321 g/mol. The molecule has 20 heavy (non-hydrogen) atoms. The molecule has 4 heteroatoms. The van der Waals surface area contributed by atoms with Crippen molar-refractivity contribution in [1.82, 2.24) is 4.90 Å². The highest BCUT2D eigenvalue weighted by molar-refractivity contribution is 9.10. The average molecular weight is 336 g/mol. The molecule has 0 aromatic heterocycles. The van der Waals surface area contributed by atoms with Crippen LogP contribution in [0.3, 0.4) is 0 Å². The van der Waals surface area contributed by atoms with Crippen molar-refractivity contribution in [2.75, 3.05) is 7.05 Å². The molecular formula is C16H15BrFNO. The number of carbonyl (C=O) groups is 1. The van der Waals surface area contributed by atoms with Crippen molar-refractivity contribution in [3.8, 4) is 0 Å². The van der Waals surface area contributed by atoms with Gasteiger partial charge in [0.1, 0.15) is 5.82 Å². The van der Waals surface area contributed by atoms with E-state index in [0.717, 1.165) is 11.1 Å². The van der Waals surface area contributed by atoms with Crippen LogP contribution < -0.4 is 0 Å². The molecule has 0 aliphatic rings. The Labute approximate surface area is 126 Å². The molecule has 0 heterocycles. The van der Waals surface area contributed by atoms with Gasteiger partial charge in [-0.3, -0.25) is 4.79 Å². The number of benzene rings is 2. The number of hydrogen-bond acceptors (Lipinski definition) is 1. The zero-order chi connectivity index (χ0) is 14.7. The van der Waals surface area contributed by atoms with E-state index in [-0.39, 0.29) is 11.5 Å².